The summed E-state index contributed by atoms with van der Waals surface area (Å²) in [5.74, 6) is 0.555. The lowest BCUT2D eigenvalue weighted by Gasteiger charge is -2.19. The second-order valence-corrected chi connectivity index (χ2v) is 5.28. The van der Waals surface area contributed by atoms with Gasteiger partial charge in [0.2, 0.25) is 0 Å². The van der Waals surface area contributed by atoms with Gasteiger partial charge in [-0.1, -0.05) is 13.0 Å². The van der Waals surface area contributed by atoms with Crippen LogP contribution in [0.25, 0.3) is 0 Å². The Labute approximate surface area is 121 Å². The summed E-state index contributed by atoms with van der Waals surface area (Å²) in [7, 11) is 0. The van der Waals surface area contributed by atoms with Gasteiger partial charge >= 0.3 is 0 Å². The first kappa shape index (κ1) is 16.5. The number of benzene rings is 1. The summed E-state index contributed by atoms with van der Waals surface area (Å²) in [4.78, 5) is 11.9. The Kier molecular flexibility index (Phi) is 6.02. The molecule has 0 spiro atoms. The predicted molar refractivity (Wildman–Crippen MR) is 79.8 cm³/mol. The van der Waals surface area contributed by atoms with Gasteiger partial charge in [-0.3, -0.25) is 4.79 Å². The molecule has 0 fully saturated rings. The molecule has 0 heterocycles. The van der Waals surface area contributed by atoms with Crippen molar-refractivity contribution in [2.45, 2.75) is 59.3 Å². The van der Waals surface area contributed by atoms with E-state index in [1.54, 1.807) is 19.9 Å². The molecule has 0 aliphatic carbocycles. The molecule has 4 nitrogen and oxygen atoms in total. The average molecular weight is 279 g/mol. The lowest BCUT2D eigenvalue weighted by atomic mass is 10.1. The smallest absolute Gasteiger partial charge is 0.260 e. The molecule has 112 valence electrons. The van der Waals surface area contributed by atoms with Crippen LogP contribution in [0.4, 0.5) is 0 Å². The van der Waals surface area contributed by atoms with E-state index in [0.29, 0.717) is 5.75 Å². The third-order valence-corrected chi connectivity index (χ3v) is 3.36. The summed E-state index contributed by atoms with van der Waals surface area (Å²) in [6, 6.07) is 5.63. The summed E-state index contributed by atoms with van der Waals surface area (Å²) in [5, 5.41) is 12.4. The molecular formula is C16H25NO3. The van der Waals surface area contributed by atoms with Crippen LogP contribution in [0.3, 0.4) is 0 Å². The topological polar surface area (TPSA) is 58.6 Å². The van der Waals surface area contributed by atoms with E-state index in [1.165, 1.54) is 0 Å². The number of aliphatic hydroxyl groups excluding tert-OH is 1. The number of aliphatic hydroxyl groups is 1. The largest absolute Gasteiger partial charge is 0.481 e. The van der Waals surface area contributed by atoms with Gasteiger partial charge in [0.1, 0.15) is 5.75 Å². The minimum Gasteiger partial charge on any atom is -0.481 e. The van der Waals surface area contributed by atoms with E-state index >= 15 is 0 Å². The lowest BCUT2D eigenvalue weighted by molar-refractivity contribution is -0.127. The van der Waals surface area contributed by atoms with Crippen LogP contribution in [0.15, 0.2) is 18.2 Å². The maximum Gasteiger partial charge on any atom is 0.260 e. The molecule has 2 N–H and O–H groups in total. The molecule has 1 aromatic carbocycles. The SMILES string of the molecule is CCC(C)NC(=O)C(C)Oc1ccc([C@H](C)O)cc1C. The van der Waals surface area contributed by atoms with E-state index in [4.69, 9.17) is 4.74 Å². The lowest BCUT2D eigenvalue weighted by Crippen LogP contribution is -2.41. The highest BCUT2D eigenvalue weighted by molar-refractivity contribution is 5.81. The van der Waals surface area contributed by atoms with Gasteiger partial charge in [-0.25, -0.2) is 0 Å². The van der Waals surface area contributed by atoms with Crippen molar-refractivity contribution in [3.8, 4) is 5.75 Å². The number of nitrogens with one attached hydrogen (secondary N) is 1. The molecule has 1 rings (SSSR count). The first-order valence-corrected chi connectivity index (χ1v) is 7.10. The van der Waals surface area contributed by atoms with E-state index in [2.05, 4.69) is 5.32 Å². The molecule has 1 aromatic rings. The van der Waals surface area contributed by atoms with Gasteiger partial charge in [-0.05, 0) is 57.4 Å². The molecular weight excluding hydrogens is 254 g/mol. The quantitative estimate of drug-likeness (QED) is 0.841. The Morgan fingerprint density at radius 3 is 2.50 bits per heavy atom. The van der Waals surface area contributed by atoms with Crippen molar-refractivity contribution in [3.05, 3.63) is 29.3 Å². The van der Waals surface area contributed by atoms with E-state index in [1.807, 2.05) is 32.9 Å². The van der Waals surface area contributed by atoms with E-state index in [0.717, 1.165) is 17.5 Å². The average Bonchev–Trinajstić information content (AvgIpc) is 2.40. The molecule has 3 atom stereocenters. The standard InChI is InChI=1S/C16H25NO3/c1-6-11(3)17-16(19)13(5)20-15-8-7-14(12(4)18)9-10(15)2/h7-9,11-13,18H,6H2,1-5H3,(H,17,19)/t11?,12-,13?/m0/s1. The van der Waals surface area contributed by atoms with Crippen LogP contribution >= 0.6 is 0 Å². The number of aryl methyl sites for hydroxylation is 1. The van der Waals surface area contributed by atoms with Crippen LogP contribution < -0.4 is 10.1 Å². The predicted octanol–water partition coefficient (Wildman–Crippen LogP) is 2.73. The third kappa shape index (κ3) is 4.53. The Hall–Kier alpha value is -1.55. The van der Waals surface area contributed by atoms with Crippen molar-refractivity contribution in [1.29, 1.82) is 0 Å². The Morgan fingerprint density at radius 1 is 1.35 bits per heavy atom. The number of carbonyl (C=O) groups excluding carboxylic acids is 1. The second kappa shape index (κ2) is 7.29. The van der Waals surface area contributed by atoms with Crippen molar-refractivity contribution < 1.29 is 14.6 Å². The van der Waals surface area contributed by atoms with Crippen molar-refractivity contribution in [1.82, 2.24) is 5.32 Å². The third-order valence-electron chi connectivity index (χ3n) is 3.36. The van der Waals surface area contributed by atoms with Gasteiger partial charge in [-0.15, -0.1) is 0 Å². The second-order valence-electron chi connectivity index (χ2n) is 5.28. The Morgan fingerprint density at radius 2 is 2.00 bits per heavy atom. The summed E-state index contributed by atoms with van der Waals surface area (Å²) in [5.41, 5.74) is 1.75. The summed E-state index contributed by atoms with van der Waals surface area (Å²) in [6.45, 7) is 9.35. The molecule has 0 radical (unpaired) electrons. The molecule has 0 bridgehead atoms. The number of hydrogen-bond acceptors (Lipinski definition) is 3. The van der Waals surface area contributed by atoms with Crippen LogP contribution in [-0.2, 0) is 4.79 Å². The van der Waals surface area contributed by atoms with E-state index in [9.17, 15) is 9.90 Å². The van der Waals surface area contributed by atoms with Gasteiger partial charge in [0.25, 0.3) is 5.91 Å². The van der Waals surface area contributed by atoms with Gasteiger partial charge in [-0.2, -0.15) is 0 Å². The molecule has 0 aliphatic rings. The van der Waals surface area contributed by atoms with Crippen LogP contribution in [0.1, 0.15) is 51.3 Å². The molecule has 0 saturated carbocycles. The van der Waals surface area contributed by atoms with Crippen LogP contribution in [0, 0.1) is 6.92 Å². The zero-order valence-electron chi connectivity index (χ0n) is 12.9. The van der Waals surface area contributed by atoms with Gasteiger partial charge in [0.05, 0.1) is 6.10 Å². The fourth-order valence-corrected chi connectivity index (χ4v) is 1.77. The minimum atomic E-state index is -0.542. The van der Waals surface area contributed by atoms with Crippen LogP contribution in [0.2, 0.25) is 0 Å². The normalized spacial score (nSPS) is 15.3. The number of rotatable bonds is 6. The first-order valence-electron chi connectivity index (χ1n) is 7.10. The fraction of sp³-hybridized carbons (Fsp3) is 0.562. The highest BCUT2D eigenvalue weighted by Gasteiger charge is 2.17. The maximum atomic E-state index is 11.9. The summed E-state index contributed by atoms with van der Waals surface area (Å²) in [6.07, 6.45) is -0.158. The molecule has 0 saturated heterocycles. The molecule has 1 amide bonds. The van der Waals surface area contributed by atoms with Crippen molar-refractivity contribution in [2.75, 3.05) is 0 Å². The van der Waals surface area contributed by atoms with Gasteiger partial charge in [0, 0.05) is 6.04 Å². The molecule has 20 heavy (non-hydrogen) atoms. The highest BCUT2D eigenvalue weighted by Crippen LogP contribution is 2.23. The fourth-order valence-electron chi connectivity index (χ4n) is 1.77. The van der Waals surface area contributed by atoms with E-state index < -0.39 is 12.2 Å². The minimum absolute atomic E-state index is 0.113. The molecule has 4 heteroatoms. The number of carbonyl (C=O) groups is 1. The first-order chi connectivity index (χ1) is 9.35. The molecule has 0 aromatic heterocycles. The zero-order chi connectivity index (χ0) is 15.3. The number of amides is 1. The maximum absolute atomic E-state index is 11.9. The van der Waals surface area contributed by atoms with E-state index in [-0.39, 0.29) is 11.9 Å². The van der Waals surface area contributed by atoms with Crippen molar-refractivity contribution >= 4 is 5.91 Å². The van der Waals surface area contributed by atoms with Crippen LogP contribution in [-0.4, -0.2) is 23.2 Å². The van der Waals surface area contributed by atoms with Crippen LogP contribution in [0.5, 0.6) is 5.75 Å². The monoisotopic (exact) mass is 279 g/mol. The Bertz CT molecular complexity index is 457. The number of ether oxygens (including phenoxy) is 1. The van der Waals surface area contributed by atoms with Crippen molar-refractivity contribution in [3.63, 3.8) is 0 Å². The zero-order valence-corrected chi connectivity index (χ0v) is 12.9. The summed E-state index contributed by atoms with van der Waals surface area (Å²) >= 11 is 0. The Balaban J connectivity index is 2.71. The highest BCUT2D eigenvalue weighted by atomic mass is 16.5. The van der Waals surface area contributed by atoms with Gasteiger partial charge in [0.15, 0.2) is 6.10 Å². The van der Waals surface area contributed by atoms with Gasteiger partial charge < -0.3 is 15.2 Å². The molecule has 0 aliphatic heterocycles. The number of hydrogen-bond donors (Lipinski definition) is 2. The summed E-state index contributed by atoms with van der Waals surface area (Å²) < 4.78 is 5.69. The van der Waals surface area contributed by atoms with Crippen molar-refractivity contribution in [2.24, 2.45) is 0 Å². The molecule has 2 unspecified atom stereocenters.